The fourth-order valence-corrected chi connectivity index (χ4v) is 3.45. The third kappa shape index (κ3) is 5.03. The number of halogens is 1. The summed E-state index contributed by atoms with van der Waals surface area (Å²) >= 11 is 6.00. The number of carbonyl (C=O) groups is 1. The number of sulfonamides is 1. The highest BCUT2D eigenvalue weighted by Gasteiger charge is 2.18. The van der Waals surface area contributed by atoms with E-state index in [1.54, 1.807) is 24.3 Å². The quantitative estimate of drug-likeness (QED) is 0.663. The lowest BCUT2D eigenvalue weighted by Crippen LogP contribution is -2.29. The number of hydrogen-bond donors (Lipinski definition) is 3. The Kier molecular flexibility index (Phi) is 6.70. The van der Waals surface area contributed by atoms with Gasteiger partial charge in [0.2, 0.25) is 0 Å². The molecule has 26 heavy (non-hydrogen) atoms. The van der Waals surface area contributed by atoms with E-state index in [0.29, 0.717) is 12.3 Å². The van der Waals surface area contributed by atoms with Gasteiger partial charge in [-0.15, -0.1) is 0 Å². The van der Waals surface area contributed by atoms with Crippen molar-refractivity contribution in [1.82, 2.24) is 5.32 Å². The van der Waals surface area contributed by atoms with Gasteiger partial charge >= 0.3 is 6.03 Å². The van der Waals surface area contributed by atoms with Crippen LogP contribution < -0.4 is 20.1 Å². The van der Waals surface area contributed by atoms with Crippen molar-refractivity contribution in [3.8, 4) is 5.75 Å². The number of rotatable bonds is 7. The minimum Gasteiger partial charge on any atom is -0.495 e. The van der Waals surface area contributed by atoms with Crippen molar-refractivity contribution in [2.75, 3.05) is 23.7 Å². The van der Waals surface area contributed by atoms with E-state index in [-0.39, 0.29) is 21.3 Å². The molecule has 2 amide bonds. The number of methoxy groups -OCH3 is 1. The fourth-order valence-electron chi connectivity index (χ4n) is 2.10. The third-order valence-electron chi connectivity index (χ3n) is 3.38. The number of benzene rings is 2. The van der Waals surface area contributed by atoms with Crippen LogP contribution in [0.2, 0.25) is 5.02 Å². The zero-order chi connectivity index (χ0) is 19.2. The first-order valence-electron chi connectivity index (χ1n) is 7.87. The Bertz CT molecular complexity index is 887. The maximum absolute atomic E-state index is 12.6. The molecule has 0 aliphatic rings. The molecular weight excluding hydrogens is 378 g/mol. The molecule has 2 aromatic carbocycles. The molecule has 0 radical (unpaired) electrons. The summed E-state index contributed by atoms with van der Waals surface area (Å²) in [5, 5.41) is 5.52. The molecule has 3 N–H and O–H groups in total. The van der Waals surface area contributed by atoms with E-state index in [4.69, 9.17) is 16.3 Å². The first-order valence-corrected chi connectivity index (χ1v) is 9.73. The van der Waals surface area contributed by atoms with Crippen LogP contribution in [0.25, 0.3) is 0 Å². The summed E-state index contributed by atoms with van der Waals surface area (Å²) < 4.78 is 32.9. The SMILES string of the molecule is CCCNC(=O)Nc1cc(S(=O)(=O)Nc2ccccc2Cl)ccc1OC. The van der Waals surface area contributed by atoms with Crippen LogP contribution in [-0.4, -0.2) is 28.1 Å². The maximum atomic E-state index is 12.6. The van der Waals surface area contributed by atoms with Crippen LogP contribution in [0.15, 0.2) is 47.4 Å². The second-order valence-electron chi connectivity index (χ2n) is 5.33. The number of ether oxygens (including phenoxy) is 1. The van der Waals surface area contributed by atoms with Crippen LogP contribution in [0.1, 0.15) is 13.3 Å². The lowest BCUT2D eigenvalue weighted by molar-refractivity contribution is 0.252. The van der Waals surface area contributed by atoms with E-state index in [2.05, 4.69) is 15.4 Å². The molecule has 0 atom stereocenters. The zero-order valence-corrected chi connectivity index (χ0v) is 15.9. The van der Waals surface area contributed by atoms with Crippen molar-refractivity contribution in [1.29, 1.82) is 0 Å². The average Bonchev–Trinajstić information content (AvgIpc) is 2.61. The number of carbonyl (C=O) groups excluding carboxylic acids is 1. The van der Waals surface area contributed by atoms with Crippen LogP contribution >= 0.6 is 11.6 Å². The highest BCUT2D eigenvalue weighted by molar-refractivity contribution is 7.92. The minimum absolute atomic E-state index is 0.0380. The van der Waals surface area contributed by atoms with Gasteiger partial charge in [-0.25, -0.2) is 13.2 Å². The van der Waals surface area contributed by atoms with Gasteiger partial charge in [-0.3, -0.25) is 4.72 Å². The summed E-state index contributed by atoms with van der Waals surface area (Å²) in [6.07, 6.45) is 0.779. The number of urea groups is 1. The Morgan fingerprint density at radius 1 is 1.15 bits per heavy atom. The standard InChI is InChI=1S/C17H20ClN3O4S/c1-3-10-19-17(22)20-15-11-12(8-9-16(15)25-2)26(23,24)21-14-7-5-4-6-13(14)18/h4-9,11,21H,3,10H2,1-2H3,(H2,19,20,22). The Morgan fingerprint density at radius 3 is 2.54 bits per heavy atom. The van der Waals surface area contributed by atoms with Gasteiger partial charge in [0.25, 0.3) is 10.0 Å². The van der Waals surface area contributed by atoms with Gasteiger partial charge in [-0.1, -0.05) is 30.7 Å². The molecular formula is C17H20ClN3O4S. The number of anilines is 2. The van der Waals surface area contributed by atoms with Gasteiger partial charge in [0, 0.05) is 6.54 Å². The second kappa shape index (κ2) is 8.77. The Morgan fingerprint density at radius 2 is 1.88 bits per heavy atom. The fraction of sp³-hybridized carbons (Fsp3) is 0.235. The molecule has 0 saturated heterocycles. The van der Waals surface area contributed by atoms with E-state index in [1.807, 2.05) is 6.92 Å². The van der Waals surface area contributed by atoms with Crippen molar-refractivity contribution in [2.24, 2.45) is 0 Å². The average molecular weight is 398 g/mol. The molecule has 0 bridgehead atoms. The highest BCUT2D eigenvalue weighted by atomic mass is 35.5. The predicted octanol–water partition coefficient (Wildman–Crippen LogP) is 3.68. The normalized spacial score (nSPS) is 10.9. The lowest BCUT2D eigenvalue weighted by atomic mass is 10.3. The molecule has 2 rings (SSSR count). The summed E-state index contributed by atoms with van der Waals surface area (Å²) in [5.74, 6) is 0.341. The van der Waals surface area contributed by atoms with Crippen LogP contribution in [-0.2, 0) is 10.0 Å². The monoisotopic (exact) mass is 397 g/mol. The first-order chi connectivity index (χ1) is 12.4. The molecule has 0 aliphatic heterocycles. The predicted molar refractivity (Wildman–Crippen MR) is 103 cm³/mol. The largest absolute Gasteiger partial charge is 0.495 e. The van der Waals surface area contributed by atoms with Gasteiger partial charge in [0.1, 0.15) is 5.75 Å². The Hall–Kier alpha value is -2.45. The second-order valence-corrected chi connectivity index (χ2v) is 7.42. The van der Waals surface area contributed by atoms with E-state index < -0.39 is 16.1 Å². The summed E-state index contributed by atoms with van der Waals surface area (Å²) in [6.45, 7) is 2.43. The highest BCUT2D eigenvalue weighted by Crippen LogP contribution is 2.29. The molecule has 0 heterocycles. The first kappa shape index (κ1) is 19.9. The van der Waals surface area contributed by atoms with Crippen LogP contribution in [0.3, 0.4) is 0 Å². The molecule has 0 saturated carbocycles. The molecule has 2 aromatic rings. The molecule has 0 fully saturated rings. The van der Waals surface area contributed by atoms with Crippen molar-refractivity contribution in [2.45, 2.75) is 18.2 Å². The molecule has 0 spiro atoms. The molecule has 7 nitrogen and oxygen atoms in total. The van der Waals surface area contributed by atoms with Crippen LogP contribution in [0.4, 0.5) is 16.2 Å². The smallest absolute Gasteiger partial charge is 0.319 e. The maximum Gasteiger partial charge on any atom is 0.319 e. The third-order valence-corrected chi connectivity index (χ3v) is 5.08. The van der Waals surface area contributed by atoms with Gasteiger partial charge in [-0.2, -0.15) is 0 Å². The number of hydrogen-bond acceptors (Lipinski definition) is 4. The molecule has 0 unspecified atom stereocenters. The summed E-state index contributed by atoms with van der Waals surface area (Å²) in [6, 6.07) is 10.2. The number of amides is 2. The minimum atomic E-state index is -3.90. The van der Waals surface area contributed by atoms with Gasteiger partial charge in [-0.05, 0) is 36.8 Å². The van der Waals surface area contributed by atoms with E-state index in [0.717, 1.165) is 6.42 Å². The van der Waals surface area contributed by atoms with E-state index >= 15 is 0 Å². The summed E-state index contributed by atoms with van der Waals surface area (Å²) in [7, 11) is -2.47. The lowest BCUT2D eigenvalue weighted by Gasteiger charge is -2.14. The zero-order valence-electron chi connectivity index (χ0n) is 14.4. The van der Waals surface area contributed by atoms with Gasteiger partial charge in [0.05, 0.1) is 28.4 Å². The van der Waals surface area contributed by atoms with Crippen molar-refractivity contribution >= 4 is 39.0 Å². The molecule has 0 aromatic heterocycles. The Labute approximate surface area is 157 Å². The topological polar surface area (TPSA) is 96.5 Å². The van der Waals surface area contributed by atoms with Crippen molar-refractivity contribution in [3.05, 3.63) is 47.5 Å². The van der Waals surface area contributed by atoms with Crippen LogP contribution in [0, 0.1) is 0 Å². The number of nitrogens with one attached hydrogen (secondary N) is 3. The van der Waals surface area contributed by atoms with Gasteiger partial charge in [0.15, 0.2) is 0 Å². The van der Waals surface area contributed by atoms with Gasteiger partial charge < -0.3 is 15.4 Å². The van der Waals surface area contributed by atoms with Crippen molar-refractivity contribution in [3.63, 3.8) is 0 Å². The summed E-state index contributed by atoms with van der Waals surface area (Å²) in [5.41, 5.74) is 0.503. The molecule has 140 valence electrons. The molecule has 0 aliphatic carbocycles. The van der Waals surface area contributed by atoms with E-state index in [1.165, 1.54) is 25.3 Å². The Balaban J connectivity index is 2.30. The van der Waals surface area contributed by atoms with Crippen molar-refractivity contribution < 1.29 is 17.9 Å². The summed E-state index contributed by atoms with van der Waals surface area (Å²) in [4.78, 5) is 11.8. The number of para-hydroxylation sites is 1. The van der Waals surface area contributed by atoms with Crippen LogP contribution in [0.5, 0.6) is 5.75 Å². The molecule has 9 heteroatoms. The van der Waals surface area contributed by atoms with E-state index in [9.17, 15) is 13.2 Å².